The molecule has 1 atom stereocenters. The zero-order chi connectivity index (χ0) is 9.90. The van der Waals surface area contributed by atoms with Gasteiger partial charge in [0.15, 0.2) is 0 Å². The van der Waals surface area contributed by atoms with Crippen LogP contribution < -0.4 is 5.73 Å². The number of piperidine rings is 1. The zero-order valence-electron chi connectivity index (χ0n) is 8.79. The SMILES string of the molecule is CCC(C)N1CCC(N)(CO)CC1. The van der Waals surface area contributed by atoms with Crippen molar-refractivity contribution in [2.45, 2.75) is 44.7 Å². The average Bonchev–Trinajstić information content (AvgIpc) is 2.18. The Balaban J connectivity index is 2.38. The molecule has 3 N–H and O–H groups in total. The largest absolute Gasteiger partial charge is 0.394 e. The molecule has 78 valence electrons. The van der Waals surface area contributed by atoms with Crippen molar-refractivity contribution in [2.75, 3.05) is 19.7 Å². The van der Waals surface area contributed by atoms with Crippen LogP contribution in [0.2, 0.25) is 0 Å². The van der Waals surface area contributed by atoms with Crippen molar-refractivity contribution < 1.29 is 5.11 Å². The van der Waals surface area contributed by atoms with Gasteiger partial charge in [-0.05, 0) is 26.2 Å². The van der Waals surface area contributed by atoms with Crippen LogP contribution in [0.25, 0.3) is 0 Å². The fourth-order valence-electron chi connectivity index (χ4n) is 1.83. The third-order valence-corrected chi connectivity index (χ3v) is 3.32. The molecule has 0 saturated carbocycles. The van der Waals surface area contributed by atoms with Crippen LogP contribution in [0.1, 0.15) is 33.1 Å². The lowest BCUT2D eigenvalue weighted by Gasteiger charge is -2.40. The first-order valence-electron chi connectivity index (χ1n) is 5.25. The summed E-state index contributed by atoms with van der Waals surface area (Å²) in [6.07, 6.45) is 3.04. The smallest absolute Gasteiger partial charge is 0.0612 e. The normalized spacial score (nSPS) is 25.8. The number of rotatable bonds is 3. The van der Waals surface area contributed by atoms with Crippen LogP contribution in [-0.4, -0.2) is 41.3 Å². The van der Waals surface area contributed by atoms with Gasteiger partial charge in [0.05, 0.1) is 6.61 Å². The molecule has 1 heterocycles. The summed E-state index contributed by atoms with van der Waals surface area (Å²) in [6, 6.07) is 0.656. The standard InChI is InChI=1S/C10H22N2O/c1-3-9(2)12-6-4-10(11,8-13)5-7-12/h9,13H,3-8,11H2,1-2H3. The maximum atomic E-state index is 9.09. The van der Waals surface area contributed by atoms with Gasteiger partial charge >= 0.3 is 0 Å². The Bertz CT molecular complexity index is 153. The van der Waals surface area contributed by atoms with Crippen LogP contribution in [0.4, 0.5) is 0 Å². The first-order chi connectivity index (χ1) is 6.11. The summed E-state index contributed by atoms with van der Waals surface area (Å²) in [5.74, 6) is 0. The molecular formula is C10H22N2O. The van der Waals surface area contributed by atoms with Crippen LogP contribution in [0, 0.1) is 0 Å². The van der Waals surface area contributed by atoms with Gasteiger partial charge in [0.1, 0.15) is 0 Å². The highest BCUT2D eigenvalue weighted by atomic mass is 16.3. The van der Waals surface area contributed by atoms with E-state index >= 15 is 0 Å². The monoisotopic (exact) mass is 186 g/mol. The second kappa shape index (κ2) is 4.40. The number of hydrogen-bond donors (Lipinski definition) is 2. The molecule has 1 saturated heterocycles. The Morgan fingerprint density at radius 2 is 2.00 bits per heavy atom. The summed E-state index contributed by atoms with van der Waals surface area (Å²) in [7, 11) is 0. The van der Waals surface area contributed by atoms with Gasteiger partial charge in [-0.2, -0.15) is 0 Å². The fourth-order valence-corrected chi connectivity index (χ4v) is 1.83. The second-order valence-corrected chi connectivity index (χ2v) is 4.31. The number of nitrogens with two attached hydrogens (primary N) is 1. The molecule has 0 aromatic heterocycles. The molecule has 1 fully saturated rings. The Morgan fingerprint density at radius 3 is 2.38 bits per heavy atom. The minimum atomic E-state index is -0.302. The van der Waals surface area contributed by atoms with E-state index in [0.29, 0.717) is 6.04 Å². The summed E-state index contributed by atoms with van der Waals surface area (Å²) in [5.41, 5.74) is 5.68. The number of nitrogens with zero attached hydrogens (tertiary/aromatic N) is 1. The Labute approximate surface area is 80.9 Å². The topological polar surface area (TPSA) is 49.5 Å². The molecule has 1 aliphatic rings. The minimum absolute atomic E-state index is 0.126. The molecule has 0 radical (unpaired) electrons. The average molecular weight is 186 g/mol. The van der Waals surface area contributed by atoms with Crippen molar-refractivity contribution in [2.24, 2.45) is 5.73 Å². The third kappa shape index (κ3) is 2.66. The van der Waals surface area contributed by atoms with Crippen molar-refractivity contribution in [1.29, 1.82) is 0 Å². The Hall–Kier alpha value is -0.120. The van der Waals surface area contributed by atoms with Crippen LogP contribution in [0.15, 0.2) is 0 Å². The van der Waals surface area contributed by atoms with Gasteiger partial charge in [0, 0.05) is 24.7 Å². The lowest BCUT2D eigenvalue weighted by molar-refractivity contribution is 0.0838. The van der Waals surface area contributed by atoms with Gasteiger partial charge in [-0.3, -0.25) is 0 Å². The highest BCUT2D eigenvalue weighted by Crippen LogP contribution is 2.21. The van der Waals surface area contributed by atoms with Crippen molar-refractivity contribution in [1.82, 2.24) is 4.90 Å². The molecule has 1 unspecified atom stereocenters. The maximum absolute atomic E-state index is 9.09. The van der Waals surface area contributed by atoms with E-state index in [1.165, 1.54) is 6.42 Å². The highest BCUT2D eigenvalue weighted by Gasteiger charge is 2.30. The Kier molecular flexibility index (Phi) is 3.71. The molecule has 3 heteroatoms. The molecular weight excluding hydrogens is 164 g/mol. The molecule has 0 aromatic carbocycles. The molecule has 0 bridgehead atoms. The lowest BCUT2D eigenvalue weighted by Crippen LogP contribution is -2.54. The highest BCUT2D eigenvalue weighted by molar-refractivity contribution is 4.90. The van der Waals surface area contributed by atoms with E-state index in [-0.39, 0.29) is 12.1 Å². The van der Waals surface area contributed by atoms with Crippen LogP contribution >= 0.6 is 0 Å². The molecule has 1 rings (SSSR count). The molecule has 13 heavy (non-hydrogen) atoms. The van der Waals surface area contributed by atoms with Crippen molar-refractivity contribution in [3.05, 3.63) is 0 Å². The predicted molar refractivity (Wildman–Crippen MR) is 54.6 cm³/mol. The molecule has 3 nitrogen and oxygen atoms in total. The van der Waals surface area contributed by atoms with Crippen molar-refractivity contribution >= 4 is 0 Å². The van der Waals surface area contributed by atoms with Gasteiger partial charge in [-0.1, -0.05) is 6.92 Å². The molecule has 1 aliphatic heterocycles. The van der Waals surface area contributed by atoms with Crippen molar-refractivity contribution in [3.8, 4) is 0 Å². The fraction of sp³-hybridized carbons (Fsp3) is 1.00. The number of hydrogen-bond acceptors (Lipinski definition) is 3. The summed E-state index contributed by atoms with van der Waals surface area (Å²) in [6.45, 7) is 6.66. The van der Waals surface area contributed by atoms with E-state index in [1.807, 2.05) is 0 Å². The van der Waals surface area contributed by atoms with E-state index in [0.717, 1.165) is 25.9 Å². The molecule has 0 aliphatic carbocycles. The van der Waals surface area contributed by atoms with E-state index in [4.69, 9.17) is 10.8 Å². The van der Waals surface area contributed by atoms with Crippen LogP contribution in [0.5, 0.6) is 0 Å². The first kappa shape index (κ1) is 11.0. The number of likely N-dealkylation sites (tertiary alicyclic amines) is 1. The predicted octanol–water partition coefficient (Wildman–Crippen LogP) is 0.571. The van der Waals surface area contributed by atoms with Gasteiger partial charge in [-0.25, -0.2) is 0 Å². The maximum Gasteiger partial charge on any atom is 0.0612 e. The van der Waals surface area contributed by atoms with Crippen LogP contribution in [0.3, 0.4) is 0 Å². The summed E-state index contributed by atoms with van der Waals surface area (Å²) < 4.78 is 0. The number of aliphatic hydroxyl groups excluding tert-OH is 1. The second-order valence-electron chi connectivity index (χ2n) is 4.31. The van der Waals surface area contributed by atoms with Gasteiger partial charge < -0.3 is 15.7 Å². The lowest BCUT2D eigenvalue weighted by atomic mass is 9.89. The van der Waals surface area contributed by atoms with Gasteiger partial charge in [0.2, 0.25) is 0 Å². The zero-order valence-corrected chi connectivity index (χ0v) is 8.79. The van der Waals surface area contributed by atoms with E-state index in [9.17, 15) is 0 Å². The van der Waals surface area contributed by atoms with E-state index < -0.39 is 0 Å². The minimum Gasteiger partial charge on any atom is -0.394 e. The Morgan fingerprint density at radius 1 is 1.46 bits per heavy atom. The van der Waals surface area contributed by atoms with Crippen molar-refractivity contribution in [3.63, 3.8) is 0 Å². The van der Waals surface area contributed by atoms with Crippen LogP contribution in [-0.2, 0) is 0 Å². The van der Waals surface area contributed by atoms with E-state index in [1.54, 1.807) is 0 Å². The number of aliphatic hydroxyl groups is 1. The summed E-state index contributed by atoms with van der Waals surface area (Å²) in [5, 5.41) is 9.09. The molecule has 0 aromatic rings. The molecule has 0 amide bonds. The van der Waals surface area contributed by atoms with Gasteiger partial charge in [-0.15, -0.1) is 0 Å². The quantitative estimate of drug-likeness (QED) is 0.677. The molecule has 0 spiro atoms. The summed E-state index contributed by atoms with van der Waals surface area (Å²) in [4.78, 5) is 2.46. The third-order valence-electron chi connectivity index (χ3n) is 3.32. The van der Waals surface area contributed by atoms with E-state index in [2.05, 4.69) is 18.7 Å². The first-order valence-corrected chi connectivity index (χ1v) is 5.25. The summed E-state index contributed by atoms with van der Waals surface area (Å²) >= 11 is 0. The van der Waals surface area contributed by atoms with Gasteiger partial charge in [0.25, 0.3) is 0 Å².